The Labute approximate surface area is 106 Å². The average Bonchev–Trinajstić information content (AvgIpc) is 2.39. The highest BCUT2D eigenvalue weighted by molar-refractivity contribution is 5.93. The second-order valence-corrected chi connectivity index (χ2v) is 4.14. The molecule has 1 aromatic rings. The molecule has 1 rings (SSSR count). The van der Waals surface area contributed by atoms with Crippen LogP contribution >= 0.6 is 0 Å². The van der Waals surface area contributed by atoms with Crippen LogP contribution in [-0.4, -0.2) is 28.9 Å². The SMILES string of the molecule is CC(CC#N)N(C)Cc1ccc(C(=O)NN)cn1. The maximum absolute atomic E-state index is 11.2. The number of aromatic nitrogens is 1. The van der Waals surface area contributed by atoms with Crippen molar-refractivity contribution in [1.29, 1.82) is 5.26 Å². The van der Waals surface area contributed by atoms with Crippen LogP contribution in [0.4, 0.5) is 0 Å². The van der Waals surface area contributed by atoms with E-state index < -0.39 is 0 Å². The average molecular weight is 247 g/mol. The van der Waals surface area contributed by atoms with Gasteiger partial charge in [-0.05, 0) is 26.1 Å². The number of nitriles is 1. The number of carbonyl (C=O) groups is 1. The van der Waals surface area contributed by atoms with E-state index in [4.69, 9.17) is 11.1 Å². The van der Waals surface area contributed by atoms with Gasteiger partial charge in [0.25, 0.3) is 5.91 Å². The molecule has 3 N–H and O–H groups in total. The van der Waals surface area contributed by atoms with E-state index in [1.165, 1.54) is 6.20 Å². The molecule has 0 aromatic carbocycles. The molecular weight excluding hydrogens is 230 g/mol. The fourth-order valence-corrected chi connectivity index (χ4v) is 1.43. The van der Waals surface area contributed by atoms with Crippen molar-refractivity contribution in [3.05, 3.63) is 29.6 Å². The molecule has 1 heterocycles. The lowest BCUT2D eigenvalue weighted by atomic mass is 10.2. The van der Waals surface area contributed by atoms with Gasteiger partial charge in [-0.15, -0.1) is 0 Å². The monoisotopic (exact) mass is 247 g/mol. The molecule has 1 amide bonds. The minimum atomic E-state index is -0.361. The van der Waals surface area contributed by atoms with Gasteiger partial charge in [-0.25, -0.2) is 5.84 Å². The van der Waals surface area contributed by atoms with E-state index in [0.29, 0.717) is 18.5 Å². The Hall–Kier alpha value is -1.97. The molecule has 1 atom stereocenters. The summed E-state index contributed by atoms with van der Waals surface area (Å²) >= 11 is 0. The third-order valence-electron chi connectivity index (χ3n) is 2.77. The molecule has 0 aliphatic heterocycles. The number of nitrogen functional groups attached to an aromatic ring is 1. The fourth-order valence-electron chi connectivity index (χ4n) is 1.43. The summed E-state index contributed by atoms with van der Waals surface area (Å²) in [5.41, 5.74) is 3.32. The number of amides is 1. The smallest absolute Gasteiger partial charge is 0.266 e. The molecule has 0 spiro atoms. The van der Waals surface area contributed by atoms with Gasteiger partial charge < -0.3 is 0 Å². The molecule has 0 saturated carbocycles. The van der Waals surface area contributed by atoms with Crippen LogP contribution in [0, 0.1) is 11.3 Å². The van der Waals surface area contributed by atoms with Crippen molar-refractivity contribution in [3.8, 4) is 6.07 Å². The second-order valence-electron chi connectivity index (χ2n) is 4.14. The van der Waals surface area contributed by atoms with E-state index in [9.17, 15) is 4.79 Å². The minimum Gasteiger partial charge on any atom is -0.297 e. The highest BCUT2D eigenvalue weighted by atomic mass is 16.2. The summed E-state index contributed by atoms with van der Waals surface area (Å²) in [5, 5.41) is 8.63. The summed E-state index contributed by atoms with van der Waals surface area (Å²) in [6.07, 6.45) is 1.96. The third kappa shape index (κ3) is 3.80. The van der Waals surface area contributed by atoms with Crippen LogP contribution in [0.1, 0.15) is 29.4 Å². The fraction of sp³-hybridized carbons (Fsp3) is 0.417. The number of nitrogens with two attached hydrogens (primary N) is 1. The van der Waals surface area contributed by atoms with Crippen LogP contribution in [0.5, 0.6) is 0 Å². The van der Waals surface area contributed by atoms with Crippen molar-refractivity contribution in [2.75, 3.05) is 7.05 Å². The van der Waals surface area contributed by atoms with E-state index in [0.717, 1.165) is 5.69 Å². The zero-order valence-corrected chi connectivity index (χ0v) is 10.6. The van der Waals surface area contributed by atoms with Gasteiger partial charge >= 0.3 is 0 Å². The Kier molecular flexibility index (Phi) is 5.24. The van der Waals surface area contributed by atoms with Crippen molar-refractivity contribution >= 4 is 5.91 Å². The number of pyridine rings is 1. The van der Waals surface area contributed by atoms with E-state index in [2.05, 4.69) is 16.5 Å². The molecule has 6 heteroatoms. The normalized spacial score (nSPS) is 11.9. The first-order valence-corrected chi connectivity index (χ1v) is 5.61. The molecule has 0 saturated heterocycles. The quantitative estimate of drug-likeness (QED) is 0.446. The Morgan fingerprint density at radius 3 is 2.89 bits per heavy atom. The van der Waals surface area contributed by atoms with Crippen LogP contribution in [-0.2, 0) is 6.54 Å². The second kappa shape index (κ2) is 6.69. The first-order chi connectivity index (χ1) is 8.58. The molecule has 0 fully saturated rings. The van der Waals surface area contributed by atoms with Crippen molar-refractivity contribution in [3.63, 3.8) is 0 Å². The number of nitrogens with one attached hydrogen (secondary N) is 1. The van der Waals surface area contributed by atoms with E-state index in [-0.39, 0.29) is 11.9 Å². The number of carbonyl (C=O) groups excluding carboxylic acids is 1. The highest BCUT2D eigenvalue weighted by Crippen LogP contribution is 2.07. The Bertz CT molecular complexity index is 437. The number of hydrogen-bond donors (Lipinski definition) is 2. The standard InChI is InChI=1S/C12H17N5O/c1-9(5-6-13)17(2)8-11-4-3-10(7-15-11)12(18)16-14/h3-4,7,9H,5,8,14H2,1-2H3,(H,16,18). The van der Waals surface area contributed by atoms with Gasteiger partial charge in [0.1, 0.15) is 0 Å². The lowest BCUT2D eigenvalue weighted by Gasteiger charge is -2.21. The van der Waals surface area contributed by atoms with Crippen LogP contribution in [0.15, 0.2) is 18.3 Å². The highest BCUT2D eigenvalue weighted by Gasteiger charge is 2.10. The number of hydrazine groups is 1. The topological polar surface area (TPSA) is 95.0 Å². The molecule has 0 bridgehead atoms. The predicted octanol–water partition coefficient (Wildman–Crippen LogP) is 0.419. The lowest BCUT2D eigenvalue weighted by Crippen LogP contribution is -2.30. The van der Waals surface area contributed by atoms with Gasteiger partial charge in [0.15, 0.2) is 0 Å². The number of rotatable bonds is 5. The molecule has 6 nitrogen and oxygen atoms in total. The Morgan fingerprint density at radius 1 is 1.67 bits per heavy atom. The molecule has 18 heavy (non-hydrogen) atoms. The molecule has 0 radical (unpaired) electrons. The number of nitrogens with zero attached hydrogens (tertiary/aromatic N) is 3. The molecule has 96 valence electrons. The molecule has 1 aromatic heterocycles. The maximum atomic E-state index is 11.2. The van der Waals surface area contributed by atoms with E-state index >= 15 is 0 Å². The molecular formula is C12H17N5O. The van der Waals surface area contributed by atoms with Gasteiger partial charge in [0, 0.05) is 18.8 Å². The van der Waals surface area contributed by atoms with Gasteiger partial charge in [0.2, 0.25) is 0 Å². The first-order valence-electron chi connectivity index (χ1n) is 5.61. The van der Waals surface area contributed by atoms with Crippen molar-refractivity contribution in [1.82, 2.24) is 15.3 Å². The van der Waals surface area contributed by atoms with Crippen molar-refractivity contribution < 1.29 is 4.79 Å². The summed E-state index contributed by atoms with van der Waals surface area (Å²) < 4.78 is 0. The van der Waals surface area contributed by atoms with Crippen molar-refractivity contribution in [2.45, 2.75) is 25.9 Å². The summed E-state index contributed by atoms with van der Waals surface area (Å²) in [6.45, 7) is 2.62. The van der Waals surface area contributed by atoms with Crippen LogP contribution in [0.25, 0.3) is 0 Å². The van der Waals surface area contributed by atoms with E-state index in [1.807, 2.05) is 18.9 Å². The van der Waals surface area contributed by atoms with Crippen LogP contribution in [0.3, 0.4) is 0 Å². The molecule has 0 aliphatic carbocycles. The van der Waals surface area contributed by atoms with Gasteiger partial charge in [0.05, 0.1) is 23.7 Å². The predicted molar refractivity (Wildman–Crippen MR) is 67.0 cm³/mol. The largest absolute Gasteiger partial charge is 0.297 e. The lowest BCUT2D eigenvalue weighted by molar-refractivity contribution is 0.0953. The summed E-state index contributed by atoms with van der Waals surface area (Å²) in [7, 11) is 1.93. The molecule has 0 aliphatic rings. The van der Waals surface area contributed by atoms with Gasteiger partial charge in [-0.3, -0.25) is 20.1 Å². The maximum Gasteiger partial charge on any atom is 0.266 e. The third-order valence-corrected chi connectivity index (χ3v) is 2.77. The summed E-state index contributed by atoms with van der Waals surface area (Å²) in [5.74, 6) is 4.67. The van der Waals surface area contributed by atoms with E-state index in [1.54, 1.807) is 12.1 Å². The zero-order chi connectivity index (χ0) is 13.5. The Balaban J connectivity index is 2.64. The minimum absolute atomic E-state index is 0.170. The molecule has 1 unspecified atom stereocenters. The van der Waals surface area contributed by atoms with Gasteiger partial charge in [-0.2, -0.15) is 5.26 Å². The summed E-state index contributed by atoms with van der Waals surface area (Å²) in [4.78, 5) is 17.4. The zero-order valence-electron chi connectivity index (χ0n) is 10.6. The number of hydrogen-bond acceptors (Lipinski definition) is 5. The van der Waals surface area contributed by atoms with Crippen LogP contribution in [0.2, 0.25) is 0 Å². The summed E-state index contributed by atoms with van der Waals surface area (Å²) in [6, 6.07) is 5.76. The van der Waals surface area contributed by atoms with Crippen molar-refractivity contribution in [2.24, 2.45) is 5.84 Å². The Morgan fingerprint density at radius 2 is 2.39 bits per heavy atom. The van der Waals surface area contributed by atoms with Gasteiger partial charge in [-0.1, -0.05) is 0 Å². The van der Waals surface area contributed by atoms with Crippen LogP contribution < -0.4 is 11.3 Å². The first kappa shape index (κ1) is 14.1.